The second kappa shape index (κ2) is 7.47. The van der Waals surface area contributed by atoms with Gasteiger partial charge >= 0.3 is 0 Å². The van der Waals surface area contributed by atoms with Gasteiger partial charge in [0.15, 0.2) is 11.0 Å². The summed E-state index contributed by atoms with van der Waals surface area (Å²) in [6.45, 7) is 5.51. The molecule has 0 saturated carbocycles. The Bertz CT molecular complexity index is 1140. The summed E-state index contributed by atoms with van der Waals surface area (Å²) in [7, 11) is 0. The van der Waals surface area contributed by atoms with Crippen LogP contribution in [0.5, 0.6) is 0 Å². The van der Waals surface area contributed by atoms with E-state index in [-0.39, 0.29) is 5.56 Å². The van der Waals surface area contributed by atoms with E-state index in [0.717, 1.165) is 35.9 Å². The number of nitrogens with zero attached hydrogens (tertiary/aromatic N) is 8. The molecule has 0 aliphatic heterocycles. The molecule has 3 aromatic heterocycles. The van der Waals surface area contributed by atoms with Gasteiger partial charge in [-0.3, -0.25) is 13.8 Å². The van der Waals surface area contributed by atoms with Gasteiger partial charge in [0, 0.05) is 13.1 Å². The maximum Gasteiger partial charge on any atom is 0.262 e. The molecule has 0 radical (unpaired) electrons. The molecular weight excluding hydrogens is 364 g/mol. The van der Waals surface area contributed by atoms with Gasteiger partial charge in [-0.05, 0) is 35.4 Å². The van der Waals surface area contributed by atoms with Crippen LogP contribution in [0.2, 0.25) is 0 Å². The zero-order valence-corrected chi connectivity index (χ0v) is 16.1. The van der Waals surface area contributed by atoms with Gasteiger partial charge in [0.2, 0.25) is 5.78 Å². The third kappa shape index (κ3) is 3.09. The van der Waals surface area contributed by atoms with Crippen molar-refractivity contribution >= 4 is 28.4 Å². The quantitative estimate of drug-likeness (QED) is 0.450. The van der Waals surface area contributed by atoms with E-state index < -0.39 is 0 Å². The molecule has 27 heavy (non-hydrogen) atoms. The third-order valence-electron chi connectivity index (χ3n) is 4.30. The minimum atomic E-state index is -0.0317. The first kappa shape index (κ1) is 17.7. The van der Waals surface area contributed by atoms with Gasteiger partial charge < -0.3 is 0 Å². The minimum absolute atomic E-state index is 0.0317. The molecular formula is C17H20N8OS. The molecule has 0 atom stereocenters. The van der Waals surface area contributed by atoms with Crippen LogP contribution in [0.4, 0.5) is 0 Å². The van der Waals surface area contributed by atoms with E-state index in [1.165, 1.54) is 11.8 Å². The van der Waals surface area contributed by atoms with Crippen molar-refractivity contribution in [1.29, 1.82) is 0 Å². The Morgan fingerprint density at radius 3 is 2.67 bits per heavy atom. The number of fused-ring (bicyclic) bond motifs is 3. The van der Waals surface area contributed by atoms with E-state index >= 15 is 0 Å². The van der Waals surface area contributed by atoms with Crippen molar-refractivity contribution in [2.24, 2.45) is 0 Å². The molecule has 0 bridgehead atoms. The summed E-state index contributed by atoms with van der Waals surface area (Å²) in [4.78, 5) is 12.8. The molecule has 4 rings (SSSR count). The Hall–Kier alpha value is -2.75. The van der Waals surface area contributed by atoms with E-state index in [2.05, 4.69) is 32.6 Å². The lowest BCUT2D eigenvalue weighted by Crippen LogP contribution is -2.23. The van der Waals surface area contributed by atoms with Crippen LogP contribution in [0.1, 0.15) is 32.5 Å². The molecule has 0 unspecified atom stereocenters. The molecule has 0 aliphatic rings. The van der Waals surface area contributed by atoms with Crippen LogP contribution in [0.3, 0.4) is 0 Å². The second-order valence-electron chi connectivity index (χ2n) is 6.20. The predicted molar refractivity (Wildman–Crippen MR) is 103 cm³/mol. The highest BCUT2D eigenvalue weighted by molar-refractivity contribution is 7.98. The average Bonchev–Trinajstić information content (AvgIpc) is 3.30. The Labute approximate surface area is 159 Å². The SMILES string of the molecule is CCCn1nnnc1CSc1nnc2n(CCC)c(=O)c3ccccc3n12. The molecule has 0 spiro atoms. The highest BCUT2D eigenvalue weighted by Crippen LogP contribution is 2.24. The van der Waals surface area contributed by atoms with Crippen LogP contribution in [-0.2, 0) is 18.8 Å². The number of aromatic nitrogens is 8. The molecule has 0 amide bonds. The number of hydrogen-bond acceptors (Lipinski definition) is 7. The first-order valence-corrected chi connectivity index (χ1v) is 9.97. The summed E-state index contributed by atoms with van der Waals surface area (Å²) in [5.74, 6) is 1.94. The highest BCUT2D eigenvalue weighted by Gasteiger charge is 2.17. The maximum atomic E-state index is 12.8. The molecule has 0 saturated heterocycles. The molecule has 9 nitrogen and oxygen atoms in total. The molecule has 1 aromatic carbocycles. The molecule has 10 heteroatoms. The summed E-state index contributed by atoms with van der Waals surface area (Å²) in [6, 6.07) is 7.57. The highest BCUT2D eigenvalue weighted by atomic mass is 32.2. The van der Waals surface area contributed by atoms with E-state index in [0.29, 0.717) is 23.5 Å². The summed E-state index contributed by atoms with van der Waals surface area (Å²) in [6.07, 6.45) is 1.81. The summed E-state index contributed by atoms with van der Waals surface area (Å²) in [5, 5.41) is 21.9. The predicted octanol–water partition coefficient (Wildman–Crippen LogP) is 2.14. The maximum absolute atomic E-state index is 12.8. The van der Waals surface area contributed by atoms with Crippen molar-refractivity contribution in [2.75, 3.05) is 0 Å². The first-order chi connectivity index (χ1) is 13.2. The van der Waals surface area contributed by atoms with E-state index in [1.54, 1.807) is 9.25 Å². The van der Waals surface area contributed by atoms with E-state index in [4.69, 9.17) is 0 Å². The topological polar surface area (TPSA) is 95.8 Å². The molecule has 3 heterocycles. The normalized spacial score (nSPS) is 11.6. The zero-order valence-electron chi connectivity index (χ0n) is 15.2. The van der Waals surface area contributed by atoms with Gasteiger partial charge in [0.1, 0.15) is 0 Å². The van der Waals surface area contributed by atoms with Gasteiger partial charge in [0.05, 0.1) is 16.7 Å². The standard InChI is InChI=1S/C17H20N8OS/c1-3-9-23-15(26)12-7-5-6-8-13(12)25-16(23)19-20-17(25)27-11-14-18-21-22-24(14)10-4-2/h5-8H,3-4,9-11H2,1-2H3. The number of tetrazole rings is 1. The van der Waals surface area contributed by atoms with Crippen molar-refractivity contribution in [3.05, 3.63) is 40.4 Å². The van der Waals surface area contributed by atoms with Crippen molar-refractivity contribution < 1.29 is 0 Å². The Kier molecular flexibility index (Phi) is 4.88. The Morgan fingerprint density at radius 2 is 1.85 bits per heavy atom. The molecule has 0 N–H and O–H groups in total. The smallest absolute Gasteiger partial charge is 0.262 e. The fraction of sp³-hybridized carbons (Fsp3) is 0.412. The molecule has 0 aliphatic carbocycles. The van der Waals surface area contributed by atoms with Crippen LogP contribution >= 0.6 is 11.8 Å². The van der Waals surface area contributed by atoms with Crippen LogP contribution in [0, 0.1) is 0 Å². The number of para-hydroxylation sites is 1. The zero-order chi connectivity index (χ0) is 18.8. The van der Waals surface area contributed by atoms with Crippen LogP contribution in [-0.4, -0.2) is 39.4 Å². The van der Waals surface area contributed by atoms with E-state index in [1.807, 2.05) is 35.6 Å². The molecule has 4 aromatic rings. The summed E-state index contributed by atoms with van der Waals surface area (Å²) < 4.78 is 5.45. The number of benzene rings is 1. The lowest BCUT2D eigenvalue weighted by Gasteiger charge is -2.10. The summed E-state index contributed by atoms with van der Waals surface area (Å²) >= 11 is 1.51. The average molecular weight is 384 g/mol. The molecule has 0 fully saturated rings. The van der Waals surface area contributed by atoms with Gasteiger partial charge in [0.25, 0.3) is 5.56 Å². The number of hydrogen-bond donors (Lipinski definition) is 0. The van der Waals surface area contributed by atoms with Crippen LogP contribution in [0.15, 0.2) is 34.2 Å². The minimum Gasteiger partial charge on any atom is -0.276 e. The third-order valence-corrected chi connectivity index (χ3v) is 5.22. The summed E-state index contributed by atoms with van der Waals surface area (Å²) in [5.41, 5.74) is 0.779. The number of rotatable bonds is 7. The van der Waals surface area contributed by atoms with Crippen molar-refractivity contribution in [3.8, 4) is 0 Å². The largest absolute Gasteiger partial charge is 0.276 e. The Morgan fingerprint density at radius 1 is 1.04 bits per heavy atom. The van der Waals surface area contributed by atoms with Crippen LogP contribution in [0.25, 0.3) is 16.7 Å². The van der Waals surface area contributed by atoms with Gasteiger partial charge in [-0.2, -0.15) is 0 Å². The second-order valence-corrected chi connectivity index (χ2v) is 7.14. The fourth-order valence-corrected chi connectivity index (χ4v) is 3.97. The van der Waals surface area contributed by atoms with Gasteiger partial charge in [-0.15, -0.1) is 15.3 Å². The lowest BCUT2D eigenvalue weighted by molar-refractivity contribution is 0.564. The molecule has 140 valence electrons. The number of thioether (sulfide) groups is 1. The first-order valence-electron chi connectivity index (χ1n) is 8.99. The lowest BCUT2D eigenvalue weighted by atomic mass is 10.2. The number of aryl methyl sites for hydroxylation is 2. The Balaban J connectivity index is 1.80. The van der Waals surface area contributed by atoms with Gasteiger partial charge in [-0.25, -0.2) is 4.68 Å². The van der Waals surface area contributed by atoms with Gasteiger partial charge in [-0.1, -0.05) is 37.7 Å². The monoisotopic (exact) mass is 384 g/mol. The fourth-order valence-electron chi connectivity index (χ4n) is 3.09. The van der Waals surface area contributed by atoms with Crippen molar-refractivity contribution in [2.45, 2.75) is 50.7 Å². The van der Waals surface area contributed by atoms with Crippen molar-refractivity contribution in [1.82, 2.24) is 39.4 Å². The van der Waals surface area contributed by atoms with E-state index in [9.17, 15) is 4.79 Å². The van der Waals surface area contributed by atoms with Crippen LogP contribution < -0.4 is 5.56 Å². The van der Waals surface area contributed by atoms with Crippen molar-refractivity contribution in [3.63, 3.8) is 0 Å².